The van der Waals surface area contributed by atoms with E-state index in [9.17, 15) is 10.2 Å². The molecule has 2 heterocycles. The van der Waals surface area contributed by atoms with Crippen molar-refractivity contribution in [3.8, 4) is 57.0 Å². The van der Waals surface area contributed by atoms with E-state index in [1.807, 2.05) is 131 Å². The number of benzene rings is 4. The molecule has 0 saturated heterocycles. The number of aromatic nitrogens is 2. The number of pyridine rings is 2. The van der Waals surface area contributed by atoms with Crippen molar-refractivity contribution in [2.45, 2.75) is 0 Å². The molecule has 0 amide bonds. The molecule has 0 bridgehead atoms. The summed E-state index contributed by atoms with van der Waals surface area (Å²) in [6.07, 6.45) is 7.90. The average molecular weight is 527 g/mol. The second-order valence-corrected chi connectivity index (χ2v) is 9.12. The lowest BCUT2D eigenvalue weighted by atomic mass is 10.1. The molecular formula is C34H26N2O4+2. The Kier molecular flexibility index (Phi) is 6.80. The molecule has 6 heteroatoms. The second-order valence-electron chi connectivity index (χ2n) is 9.12. The normalized spacial score (nSPS) is 10.7. The number of hydrogen-bond donors (Lipinski definition) is 2. The first kappa shape index (κ1) is 24.7. The minimum absolute atomic E-state index is 0.0785. The summed E-state index contributed by atoms with van der Waals surface area (Å²) in [6, 6.07) is 37.5. The molecule has 6 aromatic rings. The van der Waals surface area contributed by atoms with Gasteiger partial charge in [0.15, 0.2) is 47.8 Å². The lowest BCUT2D eigenvalue weighted by Gasteiger charge is -2.08. The topological polar surface area (TPSA) is 66.7 Å². The van der Waals surface area contributed by atoms with E-state index in [2.05, 4.69) is 0 Å². The molecule has 194 valence electrons. The smallest absolute Gasteiger partial charge is 0.214 e. The molecule has 0 unspecified atom stereocenters. The summed E-state index contributed by atoms with van der Waals surface area (Å²) in [5.74, 6) is 2.25. The lowest BCUT2D eigenvalue weighted by molar-refractivity contribution is -0.596. The first-order valence-corrected chi connectivity index (χ1v) is 12.8. The van der Waals surface area contributed by atoms with Crippen LogP contribution in [-0.2, 0) is 0 Å². The Bertz CT molecular complexity index is 1610. The number of nitrogens with zero attached hydrogens (tertiary/aromatic N) is 2. The first-order chi connectivity index (χ1) is 19.6. The molecule has 0 aliphatic heterocycles. The Morgan fingerprint density at radius 1 is 0.425 bits per heavy atom. The highest BCUT2D eigenvalue weighted by Crippen LogP contribution is 2.32. The van der Waals surface area contributed by atoms with Crippen molar-refractivity contribution in [3.63, 3.8) is 0 Å². The van der Waals surface area contributed by atoms with E-state index in [0.717, 1.165) is 22.5 Å². The van der Waals surface area contributed by atoms with Crippen LogP contribution < -0.4 is 18.6 Å². The fraction of sp³-hybridized carbons (Fsp3) is 0. The number of aromatic hydroxyl groups is 2. The Morgan fingerprint density at radius 2 is 0.800 bits per heavy atom. The Hall–Kier alpha value is -5.62. The Labute approximate surface area is 231 Å². The Balaban J connectivity index is 1.19. The molecule has 2 aromatic heterocycles. The maximum absolute atomic E-state index is 10.3. The molecule has 6 nitrogen and oxygen atoms in total. The van der Waals surface area contributed by atoms with Crippen molar-refractivity contribution in [3.05, 3.63) is 146 Å². The molecule has 0 spiro atoms. The molecule has 0 saturated carbocycles. The van der Waals surface area contributed by atoms with Crippen LogP contribution in [0.15, 0.2) is 146 Å². The monoisotopic (exact) mass is 526 g/mol. The van der Waals surface area contributed by atoms with Crippen molar-refractivity contribution >= 4 is 0 Å². The van der Waals surface area contributed by atoms with E-state index in [4.69, 9.17) is 9.47 Å². The van der Waals surface area contributed by atoms with Gasteiger partial charge in [-0.3, -0.25) is 0 Å². The summed E-state index contributed by atoms with van der Waals surface area (Å²) >= 11 is 0. The Morgan fingerprint density at radius 3 is 1.18 bits per heavy atom. The van der Waals surface area contributed by atoms with Crippen molar-refractivity contribution in [1.82, 2.24) is 0 Å². The van der Waals surface area contributed by atoms with Gasteiger partial charge in [0.25, 0.3) is 0 Å². The van der Waals surface area contributed by atoms with Gasteiger partial charge in [0, 0.05) is 36.4 Å². The molecule has 0 fully saturated rings. The zero-order valence-corrected chi connectivity index (χ0v) is 21.5. The lowest BCUT2D eigenvalue weighted by Crippen LogP contribution is -2.29. The highest BCUT2D eigenvalue weighted by atomic mass is 16.5. The molecule has 2 N–H and O–H groups in total. The number of ether oxygens (including phenoxy) is 2. The summed E-state index contributed by atoms with van der Waals surface area (Å²) in [5.41, 5.74) is 3.84. The van der Waals surface area contributed by atoms with Crippen LogP contribution in [0.5, 0.6) is 34.5 Å². The van der Waals surface area contributed by atoms with Gasteiger partial charge in [0.05, 0.1) is 12.1 Å². The number of phenolic OH excluding ortho intramolecular Hbond substituents is 2. The number of phenols is 2. The van der Waals surface area contributed by atoms with Gasteiger partial charge in [0.2, 0.25) is 11.4 Å². The molecule has 0 aliphatic rings. The van der Waals surface area contributed by atoms with E-state index >= 15 is 0 Å². The quantitative estimate of drug-likeness (QED) is 0.222. The van der Waals surface area contributed by atoms with Crippen LogP contribution in [-0.4, -0.2) is 10.2 Å². The zero-order chi connectivity index (χ0) is 27.3. The molecule has 0 atom stereocenters. The summed E-state index contributed by atoms with van der Waals surface area (Å²) in [7, 11) is 0. The average Bonchev–Trinajstić information content (AvgIpc) is 3.01. The van der Waals surface area contributed by atoms with Crippen LogP contribution in [0, 0.1) is 0 Å². The minimum atomic E-state index is 0.0785. The van der Waals surface area contributed by atoms with Crippen molar-refractivity contribution in [2.75, 3.05) is 0 Å². The summed E-state index contributed by atoms with van der Waals surface area (Å²) in [4.78, 5) is 0. The van der Waals surface area contributed by atoms with Crippen molar-refractivity contribution < 1.29 is 28.8 Å². The van der Waals surface area contributed by atoms with Gasteiger partial charge in [-0.25, -0.2) is 0 Å². The van der Waals surface area contributed by atoms with Crippen LogP contribution in [0.1, 0.15) is 0 Å². The van der Waals surface area contributed by atoms with E-state index < -0.39 is 0 Å². The van der Waals surface area contributed by atoms with Gasteiger partial charge >= 0.3 is 0 Å². The third-order valence-electron chi connectivity index (χ3n) is 6.42. The molecule has 40 heavy (non-hydrogen) atoms. The number of para-hydroxylation sites is 2. The largest absolute Gasteiger partial charge is 0.504 e. The van der Waals surface area contributed by atoms with Crippen molar-refractivity contribution in [1.29, 1.82) is 0 Å². The maximum atomic E-state index is 10.3. The second kappa shape index (κ2) is 11.0. The number of rotatable bonds is 7. The SMILES string of the molecule is Oc1ccc(-[n+]2ccc(-c3cc[n+](-c4ccc(O)c(Oc5ccccc5)c4)cc3)cc2)cc1Oc1ccccc1. The number of hydrogen-bond acceptors (Lipinski definition) is 4. The van der Waals surface area contributed by atoms with Crippen LogP contribution in [0.4, 0.5) is 0 Å². The first-order valence-electron chi connectivity index (χ1n) is 12.8. The van der Waals surface area contributed by atoms with E-state index in [1.54, 1.807) is 24.3 Å². The standard InChI is InChI=1S/C34H24N2O4/c37-31-13-11-27(23-33(31)39-29-7-3-1-4-8-29)35-19-15-25(16-20-35)26-17-21-36(22-18-26)28-12-14-32(38)34(24-28)40-30-9-5-2-6-10-30/h1-24H/p+2. The van der Waals surface area contributed by atoms with E-state index in [1.165, 1.54) is 0 Å². The van der Waals surface area contributed by atoms with Gasteiger partial charge in [-0.05, 0) is 47.5 Å². The van der Waals surface area contributed by atoms with Gasteiger partial charge < -0.3 is 19.7 Å². The predicted octanol–water partition coefficient (Wildman–Crippen LogP) is 6.90. The molecule has 4 aromatic carbocycles. The maximum Gasteiger partial charge on any atom is 0.214 e. The van der Waals surface area contributed by atoms with Gasteiger partial charge in [-0.15, -0.1) is 0 Å². The molecule has 0 radical (unpaired) electrons. The van der Waals surface area contributed by atoms with Gasteiger partial charge in [-0.2, -0.15) is 9.13 Å². The van der Waals surface area contributed by atoms with Crippen molar-refractivity contribution in [2.24, 2.45) is 0 Å². The zero-order valence-electron chi connectivity index (χ0n) is 21.5. The predicted molar refractivity (Wildman–Crippen MR) is 151 cm³/mol. The van der Waals surface area contributed by atoms with Crippen LogP contribution in [0.3, 0.4) is 0 Å². The summed E-state index contributed by atoms with van der Waals surface area (Å²) in [6.45, 7) is 0. The highest BCUT2D eigenvalue weighted by Gasteiger charge is 2.15. The third-order valence-corrected chi connectivity index (χ3v) is 6.42. The van der Waals surface area contributed by atoms with Crippen LogP contribution in [0.25, 0.3) is 22.5 Å². The summed E-state index contributed by atoms with van der Waals surface area (Å²) < 4.78 is 15.7. The third kappa shape index (κ3) is 5.47. The van der Waals surface area contributed by atoms with Gasteiger partial charge in [-0.1, -0.05) is 36.4 Å². The van der Waals surface area contributed by atoms with Crippen LogP contribution in [0.2, 0.25) is 0 Å². The fourth-order valence-electron chi connectivity index (χ4n) is 4.30. The molecule has 6 rings (SSSR count). The molecule has 0 aliphatic carbocycles. The van der Waals surface area contributed by atoms with Gasteiger partial charge in [0.1, 0.15) is 11.5 Å². The fourth-order valence-corrected chi connectivity index (χ4v) is 4.30. The minimum Gasteiger partial charge on any atom is -0.504 e. The van der Waals surface area contributed by atoms with Crippen LogP contribution >= 0.6 is 0 Å². The van der Waals surface area contributed by atoms with E-state index in [0.29, 0.717) is 23.0 Å². The summed E-state index contributed by atoms with van der Waals surface area (Å²) in [5, 5.41) is 20.6. The molecular weight excluding hydrogens is 500 g/mol. The highest BCUT2D eigenvalue weighted by molar-refractivity contribution is 5.61. The van der Waals surface area contributed by atoms with E-state index in [-0.39, 0.29) is 11.5 Å².